The Hall–Kier alpha value is -0.580. The first-order valence-corrected chi connectivity index (χ1v) is 8.68. The Labute approximate surface area is 146 Å². The molecular weight excluding hydrogens is 393 g/mol. The number of halogens is 2. The molecule has 0 bridgehead atoms. The lowest BCUT2D eigenvalue weighted by Crippen LogP contribution is -2.19. The smallest absolute Gasteiger partial charge is 0.0585 e. The van der Waals surface area contributed by atoms with Crippen LogP contribution < -0.4 is 5.32 Å². The molecule has 1 unspecified atom stereocenters. The van der Waals surface area contributed by atoms with Gasteiger partial charge in [-0.25, -0.2) is 0 Å². The summed E-state index contributed by atoms with van der Waals surface area (Å²) in [5.41, 5.74) is 3.91. The Bertz CT molecular complexity index is 610. The van der Waals surface area contributed by atoms with Gasteiger partial charge in [-0.05, 0) is 76.9 Å². The van der Waals surface area contributed by atoms with Gasteiger partial charge in [-0.1, -0.05) is 49.7 Å². The van der Waals surface area contributed by atoms with Crippen molar-refractivity contribution < 1.29 is 0 Å². The lowest BCUT2D eigenvalue weighted by Gasteiger charge is -2.20. The van der Waals surface area contributed by atoms with E-state index in [0.717, 1.165) is 11.4 Å². The Morgan fingerprint density at radius 1 is 1.14 bits per heavy atom. The molecule has 0 amide bonds. The van der Waals surface area contributed by atoms with Gasteiger partial charge in [-0.3, -0.25) is 0 Å². The van der Waals surface area contributed by atoms with Crippen LogP contribution in [0.5, 0.6) is 0 Å². The summed E-state index contributed by atoms with van der Waals surface area (Å²) in [6.45, 7) is 4.50. The zero-order chi connectivity index (χ0) is 15.4. The summed E-state index contributed by atoms with van der Waals surface area (Å²) < 4.78 is 1.23. The quantitative estimate of drug-likeness (QED) is 0.643. The zero-order valence-corrected chi connectivity index (χ0v) is 15.6. The maximum atomic E-state index is 6.17. The molecule has 0 saturated heterocycles. The Morgan fingerprint density at radius 2 is 1.90 bits per heavy atom. The molecule has 0 saturated carbocycles. The van der Waals surface area contributed by atoms with Crippen molar-refractivity contribution in [2.24, 2.45) is 5.92 Å². The number of benzene rings is 2. The second-order valence-electron chi connectivity index (χ2n) is 5.73. The second-order valence-corrected chi connectivity index (χ2v) is 7.33. The summed E-state index contributed by atoms with van der Waals surface area (Å²) in [6.07, 6.45) is 1.11. The van der Waals surface area contributed by atoms with Gasteiger partial charge >= 0.3 is 0 Å². The van der Waals surface area contributed by atoms with E-state index in [4.69, 9.17) is 11.6 Å². The highest BCUT2D eigenvalue weighted by atomic mass is 127. The molecule has 0 radical (unpaired) electrons. The molecule has 1 atom stereocenters. The predicted molar refractivity (Wildman–Crippen MR) is 100 cm³/mol. The summed E-state index contributed by atoms with van der Waals surface area (Å²) in [7, 11) is 2.00. The molecule has 2 aromatic carbocycles. The van der Waals surface area contributed by atoms with E-state index >= 15 is 0 Å². The van der Waals surface area contributed by atoms with Gasteiger partial charge in [0.1, 0.15) is 0 Å². The highest BCUT2D eigenvalue weighted by Crippen LogP contribution is 2.29. The van der Waals surface area contributed by atoms with Crippen molar-refractivity contribution >= 4 is 34.2 Å². The molecule has 0 heterocycles. The molecule has 0 aromatic heterocycles. The fourth-order valence-electron chi connectivity index (χ4n) is 2.61. The SMILES string of the molecule is CNC(c1cccc(CC(C)C)c1)c1cc(Cl)ccc1I. The van der Waals surface area contributed by atoms with Crippen LogP contribution in [0.25, 0.3) is 0 Å². The van der Waals surface area contributed by atoms with Crippen LogP contribution in [0.15, 0.2) is 42.5 Å². The lowest BCUT2D eigenvalue weighted by molar-refractivity contribution is 0.643. The third-order valence-corrected chi connectivity index (χ3v) is 4.70. The first-order chi connectivity index (χ1) is 10.0. The standard InChI is InChI=1S/C18H21ClIN/c1-12(2)9-13-5-4-6-14(10-13)18(21-3)16-11-15(19)7-8-17(16)20/h4-8,10-12,18,21H,9H2,1-3H3. The number of hydrogen-bond acceptors (Lipinski definition) is 1. The van der Waals surface area contributed by atoms with E-state index in [2.05, 4.69) is 78.2 Å². The van der Waals surface area contributed by atoms with Gasteiger partial charge in [0.05, 0.1) is 6.04 Å². The van der Waals surface area contributed by atoms with Crippen LogP contribution in [0.1, 0.15) is 36.6 Å². The van der Waals surface area contributed by atoms with Crippen LogP contribution in [0.2, 0.25) is 5.02 Å². The fraction of sp³-hybridized carbons (Fsp3) is 0.333. The predicted octanol–water partition coefficient (Wildman–Crippen LogP) is 5.45. The average Bonchev–Trinajstić information content (AvgIpc) is 2.43. The van der Waals surface area contributed by atoms with Crippen LogP contribution in [0.4, 0.5) is 0 Å². The Kier molecular flexibility index (Phi) is 6.08. The topological polar surface area (TPSA) is 12.0 Å². The van der Waals surface area contributed by atoms with Crippen molar-refractivity contribution in [3.63, 3.8) is 0 Å². The first-order valence-electron chi connectivity index (χ1n) is 7.22. The highest BCUT2D eigenvalue weighted by Gasteiger charge is 2.16. The molecule has 1 N–H and O–H groups in total. The molecule has 1 nitrogen and oxygen atoms in total. The van der Waals surface area contributed by atoms with Gasteiger partial charge in [0.25, 0.3) is 0 Å². The third kappa shape index (κ3) is 4.44. The molecule has 0 fully saturated rings. The number of hydrogen-bond donors (Lipinski definition) is 1. The van der Waals surface area contributed by atoms with E-state index in [1.165, 1.54) is 20.3 Å². The summed E-state index contributed by atoms with van der Waals surface area (Å²) in [5.74, 6) is 0.666. The van der Waals surface area contributed by atoms with Crippen molar-refractivity contribution in [2.75, 3.05) is 7.05 Å². The van der Waals surface area contributed by atoms with E-state index < -0.39 is 0 Å². The second kappa shape index (κ2) is 7.61. The highest BCUT2D eigenvalue weighted by molar-refractivity contribution is 14.1. The van der Waals surface area contributed by atoms with Gasteiger partial charge in [-0.15, -0.1) is 0 Å². The molecule has 0 spiro atoms. The monoisotopic (exact) mass is 413 g/mol. The minimum absolute atomic E-state index is 0.169. The van der Waals surface area contributed by atoms with Gasteiger partial charge in [-0.2, -0.15) is 0 Å². The lowest BCUT2D eigenvalue weighted by atomic mass is 9.95. The van der Waals surface area contributed by atoms with Crippen molar-refractivity contribution in [3.05, 3.63) is 67.7 Å². The van der Waals surface area contributed by atoms with Gasteiger partial charge in [0, 0.05) is 8.59 Å². The van der Waals surface area contributed by atoms with Crippen LogP contribution >= 0.6 is 34.2 Å². The minimum atomic E-state index is 0.169. The third-order valence-electron chi connectivity index (χ3n) is 3.49. The van der Waals surface area contributed by atoms with Crippen molar-refractivity contribution in [2.45, 2.75) is 26.3 Å². The van der Waals surface area contributed by atoms with E-state index in [0.29, 0.717) is 5.92 Å². The average molecular weight is 414 g/mol. The largest absolute Gasteiger partial charge is 0.309 e. The van der Waals surface area contributed by atoms with Crippen molar-refractivity contribution in [1.82, 2.24) is 5.32 Å². The number of nitrogens with one attached hydrogen (secondary N) is 1. The Morgan fingerprint density at radius 3 is 2.57 bits per heavy atom. The molecule has 0 aliphatic heterocycles. The summed E-state index contributed by atoms with van der Waals surface area (Å²) >= 11 is 8.55. The van der Waals surface area contributed by atoms with Crippen molar-refractivity contribution in [3.8, 4) is 0 Å². The van der Waals surface area contributed by atoms with Crippen LogP contribution in [0, 0.1) is 9.49 Å². The Balaban J connectivity index is 2.39. The van der Waals surface area contributed by atoms with E-state index in [9.17, 15) is 0 Å². The molecule has 0 aliphatic rings. The normalized spacial score (nSPS) is 12.7. The molecule has 21 heavy (non-hydrogen) atoms. The van der Waals surface area contributed by atoms with Crippen LogP contribution in [-0.4, -0.2) is 7.05 Å². The van der Waals surface area contributed by atoms with E-state index in [1.54, 1.807) is 0 Å². The van der Waals surface area contributed by atoms with E-state index in [-0.39, 0.29) is 6.04 Å². The van der Waals surface area contributed by atoms with Gasteiger partial charge in [0.2, 0.25) is 0 Å². The molecule has 2 rings (SSSR count). The minimum Gasteiger partial charge on any atom is -0.309 e. The summed E-state index contributed by atoms with van der Waals surface area (Å²) in [5, 5.41) is 4.20. The zero-order valence-electron chi connectivity index (χ0n) is 12.7. The molecule has 2 aromatic rings. The van der Waals surface area contributed by atoms with Crippen LogP contribution in [0.3, 0.4) is 0 Å². The number of rotatable bonds is 5. The summed E-state index contributed by atoms with van der Waals surface area (Å²) in [6, 6.07) is 15.1. The van der Waals surface area contributed by atoms with Crippen molar-refractivity contribution in [1.29, 1.82) is 0 Å². The maximum Gasteiger partial charge on any atom is 0.0585 e. The molecule has 0 aliphatic carbocycles. The fourth-order valence-corrected chi connectivity index (χ4v) is 3.44. The molecule has 3 heteroatoms. The van der Waals surface area contributed by atoms with Gasteiger partial charge < -0.3 is 5.32 Å². The van der Waals surface area contributed by atoms with Crippen LogP contribution in [-0.2, 0) is 6.42 Å². The summed E-state index contributed by atoms with van der Waals surface area (Å²) in [4.78, 5) is 0. The van der Waals surface area contributed by atoms with Gasteiger partial charge in [0.15, 0.2) is 0 Å². The molecular formula is C18H21ClIN. The van der Waals surface area contributed by atoms with E-state index in [1.807, 2.05) is 13.1 Å². The first kappa shape index (κ1) is 16.8. The molecule has 112 valence electrons. The maximum absolute atomic E-state index is 6.17.